The van der Waals surface area contributed by atoms with E-state index in [-0.39, 0.29) is 6.61 Å². The SMILES string of the molecule is C[C@H](O)C#Cc1ccc2c(c1)N(C)C(=O)[C@@H](NC(=O)C(=O)NCCc1ccccc1)CO2. The van der Waals surface area contributed by atoms with E-state index in [0.29, 0.717) is 30.0 Å². The number of aliphatic hydroxyl groups excluding tert-OH is 1. The number of hydrogen-bond donors (Lipinski definition) is 3. The highest BCUT2D eigenvalue weighted by atomic mass is 16.5. The van der Waals surface area contributed by atoms with E-state index in [1.54, 1.807) is 32.2 Å². The van der Waals surface area contributed by atoms with E-state index in [0.717, 1.165) is 5.56 Å². The van der Waals surface area contributed by atoms with Gasteiger partial charge in [0, 0.05) is 19.2 Å². The molecule has 1 aliphatic heterocycles. The standard InChI is InChI=1S/C24H25N3O5/c1-16(28)8-9-18-10-11-21-20(14-18)27(2)24(31)19(15-32-21)26-23(30)22(29)25-13-12-17-6-4-3-5-7-17/h3-7,10-11,14,16,19,28H,12-13,15H2,1-2H3,(H,25,29)(H,26,30)/t16-,19-/m0/s1. The normalized spacial score (nSPS) is 15.9. The number of fused-ring (bicyclic) bond motifs is 1. The first-order valence-electron chi connectivity index (χ1n) is 10.2. The molecule has 0 radical (unpaired) electrons. The monoisotopic (exact) mass is 435 g/mol. The summed E-state index contributed by atoms with van der Waals surface area (Å²) in [5.74, 6) is 3.79. The van der Waals surface area contributed by atoms with Crippen LogP contribution in [0, 0.1) is 11.8 Å². The summed E-state index contributed by atoms with van der Waals surface area (Å²) in [6.45, 7) is 1.74. The largest absolute Gasteiger partial charge is 0.489 e. The maximum Gasteiger partial charge on any atom is 0.310 e. The number of hydrogen-bond acceptors (Lipinski definition) is 5. The van der Waals surface area contributed by atoms with Crippen LogP contribution in [-0.2, 0) is 20.8 Å². The van der Waals surface area contributed by atoms with Crippen molar-refractivity contribution in [2.75, 3.05) is 25.1 Å². The summed E-state index contributed by atoms with van der Waals surface area (Å²) in [4.78, 5) is 38.7. The van der Waals surface area contributed by atoms with Crippen LogP contribution < -0.4 is 20.3 Å². The van der Waals surface area contributed by atoms with E-state index in [1.807, 2.05) is 30.3 Å². The highest BCUT2D eigenvalue weighted by molar-refractivity contribution is 6.35. The summed E-state index contributed by atoms with van der Waals surface area (Å²) >= 11 is 0. The first kappa shape index (κ1) is 22.8. The van der Waals surface area contributed by atoms with Crippen molar-refractivity contribution in [1.82, 2.24) is 10.6 Å². The van der Waals surface area contributed by atoms with E-state index >= 15 is 0 Å². The zero-order valence-corrected chi connectivity index (χ0v) is 17.9. The summed E-state index contributed by atoms with van der Waals surface area (Å²) < 4.78 is 5.70. The third kappa shape index (κ3) is 5.86. The van der Waals surface area contributed by atoms with Crippen molar-refractivity contribution in [2.24, 2.45) is 0 Å². The van der Waals surface area contributed by atoms with Gasteiger partial charge in [0.15, 0.2) is 0 Å². The Morgan fingerprint density at radius 3 is 2.69 bits per heavy atom. The lowest BCUT2D eigenvalue weighted by Crippen LogP contribution is -2.53. The van der Waals surface area contributed by atoms with Crippen LogP contribution in [0.25, 0.3) is 0 Å². The van der Waals surface area contributed by atoms with Crippen LogP contribution in [-0.4, -0.2) is 55.2 Å². The summed E-state index contributed by atoms with van der Waals surface area (Å²) in [5, 5.41) is 14.3. The molecule has 3 rings (SSSR count). The number of ether oxygens (including phenoxy) is 1. The minimum absolute atomic E-state index is 0.113. The second kappa shape index (κ2) is 10.5. The van der Waals surface area contributed by atoms with Crippen LogP contribution >= 0.6 is 0 Å². The van der Waals surface area contributed by atoms with Gasteiger partial charge in [0.25, 0.3) is 5.91 Å². The third-order valence-electron chi connectivity index (χ3n) is 4.83. The maximum absolute atomic E-state index is 12.9. The maximum atomic E-state index is 12.9. The summed E-state index contributed by atoms with van der Waals surface area (Å²) in [5.41, 5.74) is 2.13. The molecule has 0 aliphatic carbocycles. The van der Waals surface area contributed by atoms with Gasteiger partial charge in [-0.15, -0.1) is 0 Å². The zero-order chi connectivity index (χ0) is 23.1. The Morgan fingerprint density at radius 1 is 1.22 bits per heavy atom. The number of nitrogens with zero attached hydrogens (tertiary/aromatic N) is 1. The second-order valence-corrected chi connectivity index (χ2v) is 7.35. The molecule has 1 aliphatic rings. The van der Waals surface area contributed by atoms with Crippen molar-refractivity contribution in [3.8, 4) is 17.6 Å². The van der Waals surface area contributed by atoms with E-state index in [2.05, 4.69) is 22.5 Å². The molecule has 0 spiro atoms. The van der Waals surface area contributed by atoms with Gasteiger partial charge in [-0.3, -0.25) is 14.4 Å². The van der Waals surface area contributed by atoms with E-state index in [9.17, 15) is 19.5 Å². The first-order valence-corrected chi connectivity index (χ1v) is 10.2. The molecule has 0 unspecified atom stereocenters. The Labute approximate surface area is 186 Å². The molecule has 2 aromatic rings. The molecule has 2 aromatic carbocycles. The van der Waals surface area contributed by atoms with Crippen molar-refractivity contribution in [3.05, 3.63) is 59.7 Å². The number of amides is 3. The number of carbonyl (C=O) groups excluding carboxylic acids is 3. The zero-order valence-electron chi connectivity index (χ0n) is 17.9. The molecule has 0 aromatic heterocycles. The first-order chi connectivity index (χ1) is 15.3. The predicted octanol–water partition coefficient (Wildman–Crippen LogP) is 0.618. The minimum Gasteiger partial charge on any atom is -0.489 e. The number of carbonyl (C=O) groups is 3. The van der Waals surface area contributed by atoms with Crippen LogP contribution in [0.4, 0.5) is 5.69 Å². The Bertz CT molecular complexity index is 1060. The Balaban J connectivity index is 1.60. The van der Waals surface area contributed by atoms with Crippen LogP contribution in [0.2, 0.25) is 0 Å². The molecule has 8 nitrogen and oxygen atoms in total. The Kier molecular flexibility index (Phi) is 7.47. The van der Waals surface area contributed by atoms with Crippen LogP contribution in [0.1, 0.15) is 18.1 Å². The molecule has 1 heterocycles. The van der Waals surface area contributed by atoms with Crippen LogP contribution in [0.5, 0.6) is 5.75 Å². The summed E-state index contributed by atoms with van der Waals surface area (Å²) in [6, 6.07) is 13.6. The molecular weight excluding hydrogens is 410 g/mol. The van der Waals surface area contributed by atoms with Gasteiger partial charge >= 0.3 is 11.8 Å². The quantitative estimate of drug-likeness (QED) is 0.482. The van der Waals surface area contributed by atoms with Crippen molar-refractivity contribution >= 4 is 23.4 Å². The average Bonchev–Trinajstić information content (AvgIpc) is 2.90. The van der Waals surface area contributed by atoms with Crippen LogP contribution in [0.3, 0.4) is 0 Å². The number of anilines is 1. The van der Waals surface area contributed by atoms with Gasteiger partial charge < -0.3 is 25.4 Å². The van der Waals surface area contributed by atoms with E-state index in [4.69, 9.17) is 4.74 Å². The lowest BCUT2D eigenvalue weighted by Gasteiger charge is -2.20. The van der Waals surface area contributed by atoms with Gasteiger partial charge in [0.1, 0.15) is 24.5 Å². The molecular formula is C24H25N3O5. The minimum atomic E-state index is -1.02. The summed E-state index contributed by atoms with van der Waals surface area (Å²) in [7, 11) is 1.56. The molecule has 3 N–H and O–H groups in total. The number of aliphatic hydroxyl groups is 1. The molecule has 0 saturated carbocycles. The third-order valence-corrected chi connectivity index (χ3v) is 4.83. The molecule has 0 bridgehead atoms. The van der Waals surface area contributed by atoms with E-state index in [1.165, 1.54) is 4.90 Å². The van der Waals surface area contributed by atoms with Gasteiger partial charge in [-0.05, 0) is 37.1 Å². The molecule has 166 valence electrons. The number of benzene rings is 2. The van der Waals surface area contributed by atoms with Gasteiger partial charge in [-0.1, -0.05) is 42.2 Å². The Morgan fingerprint density at radius 2 is 1.97 bits per heavy atom. The molecule has 2 atom stereocenters. The fourth-order valence-corrected chi connectivity index (χ4v) is 3.14. The number of nitrogens with one attached hydrogen (secondary N) is 2. The second-order valence-electron chi connectivity index (χ2n) is 7.35. The lowest BCUT2D eigenvalue weighted by atomic mass is 10.1. The lowest BCUT2D eigenvalue weighted by molar-refractivity contribution is -0.140. The average molecular weight is 435 g/mol. The summed E-state index contributed by atoms with van der Waals surface area (Å²) in [6.07, 6.45) is -0.188. The van der Waals surface area contributed by atoms with Crippen LogP contribution in [0.15, 0.2) is 48.5 Å². The molecule has 8 heteroatoms. The highest BCUT2D eigenvalue weighted by Crippen LogP contribution is 2.31. The van der Waals surface area contributed by atoms with Gasteiger partial charge in [-0.25, -0.2) is 0 Å². The fourth-order valence-electron chi connectivity index (χ4n) is 3.14. The predicted molar refractivity (Wildman–Crippen MR) is 119 cm³/mol. The fraction of sp³-hybridized carbons (Fsp3) is 0.292. The topological polar surface area (TPSA) is 108 Å². The molecule has 0 fully saturated rings. The van der Waals surface area contributed by atoms with Gasteiger partial charge in [0.2, 0.25) is 0 Å². The highest BCUT2D eigenvalue weighted by Gasteiger charge is 2.32. The van der Waals surface area contributed by atoms with Crippen molar-refractivity contribution in [2.45, 2.75) is 25.5 Å². The van der Waals surface area contributed by atoms with Crippen molar-refractivity contribution in [3.63, 3.8) is 0 Å². The number of rotatable bonds is 4. The Hall–Kier alpha value is -3.83. The van der Waals surface area contributed by atoms with Crippen molar-refractivity contribution in [1.29, 1.82) is 0 Å². The van der Waals surface area contributed by atoms with Crippen molar-refractivity contribution < 1.29 is 24.2 Å². The molecule has 0 saturated heterocycles. The van der Waals surface area contributed by atoms with E-state index < -0.39 is 29.9 Å². The smallest absolute Gasteiger partial charge is 0.310 e. The number of likely N-dealkylation sites (N-methyl/N-ethyl adjacent to an activating group) is 1. The molecule has 3 amide bonds. The van der Waals surface area contributed by atoms with Gasteiger partial charge in [-0.2, -0.15) is 0 Å². The molecule has 32 heavy (non-hydrogen) atoms. The van der Waals surface area contributed by atoms with Gasteiger partial charge in [0.05, 0.1) is 5.69 Å².